The average Bonchev–Trinajstić information content (AvgIpc) is 2.82. The Morgan fingerprint density at radius 3 is 2.26 bits per heavy atom. The number of benzene rings is 3. The molecule has 0 saturated carbocycles. The van der Waals surface area contributed by atoms with Gasteiger partial charge in [-0.15, -0.1) is 0 Å². The van der Waals surface area contributed by atoms with E-state index in [1.54, 1.807) is 43.3 Å². The third kappa shape index (κ3) is 6.58. The van der Waals surface area contributed by atoms with Crippen LogP contribution in [0, 0.1) is 6.92 Å². The molecule has 9 heteroatoms. The number of carbonyl (C=O) groups is 2. The van der Waals surface area contributed by atoms with Gasteiger partial charge < -0.3 is 14.8 Å². The predicted octanol–water partition coefficient (Wildman–Crippen LogP) is 3.77. The summed E-state index contributed by atoms with van der Waals surface area (Å²) in [4.78, 5) is 24.5. The standard InChI is InChI=1S/C25H26N2O6S/c1-18-9-10-20(25(29)32-2)15-23(18)26-24(28)16-27(34(3,30)31)21-11-13-22(14-12-21)33-17-19-7-5-4-6-8-19/h4-15H,16-17H2,1-3H3,(H,26,28). The molecule has 1 N–H and O–H groups in total. The van der Waals surface area contributed by atoms with Crippen molar-refractivity contribution in [2.24, 2.45) is 0 Å². The summed E-state index contributed by atoms with van der Waals surface area (Å²) in [6.45, 7) is 1.70. The molecule has 0 spiro atoms. The van der Waals surface area contributed by atoms with E-state index in [0.717, 1.165) is 16.1 Å². The Balaban J connectivity index is 1.72. The van der Waals surface area contributed by atoms with Gasteiger partial charge in [0.05, 0.1) is 24.6 Å². The van der Waals surface area contributed by atoms with Crippen molar-refractivity contribution in [2.75, 3.05) is 29.5 Å². The summed E-state index contributed by atoms with van der Waals surface area (Å²) in [7, 11) is -2.49. The van der Waals surface area contributed by atoms with Crippen LogP contribution in [0.5, 0.6) is 5.75 Å². The van der Waals surface area contributed by atoms with Crippen molar-refractivity contribution in [3.63, 3.8) is 0 Å². The first-order valence-corrected chi connectivity index (χ1v) is 12.3. The van der Waals surface area contributed by atoms with Gasteiger partial charge in [-0.3, -0.25) is 9.10 Å². The van der Waals surface area contributed by atoms with Gasteiger partial charge >= 0.3 is 5.97 Å². The van der Waals surface area contributed by atoms with Crippen LogP contribution < -0.4 is 14.4 Å². The average molecular weight is 483 g/mol. The SMILES string of the molecule is COC(=O)c1ccc(C)c(NC(=O)CN(c2ccc(OCc3ccccc3)cc2)S(C)(=O)=O)c1. The van der Waals surface area contributed by atoms with E-state index in [-0.39, 0.29) is 5.56 Å². The molecule has 1 amide bonds. The fraction of sp³-hybridized carbons (Fsp3) is 0.200. The summed E-state index contributed by atoms with van der Waals surface area (Å²) < 4.78 is 36.3. The Morgan fingerprint density at radius 1 is 0.971 bits per heavy atom. The first kappa shape index (κ1) is 24.8. The van der Waals surface area contributed by atoms with Crippen LogP contribution >= 0.6 is 0 Å². The number of ether oxygens (including phenoxy) is 2. The molecule has 0 atom stereocenters. The maximum atomic E-state index is 12.7. The maximum absolute atomic E-state index is 12.7. The van der Waals surface area contributed by atoms with Crippen LogP contribution in [0.15, 0.2) is 72.8 Å². The van der Waals surface area contributed by atoms with Gasteiger partial charge in [-0.05, 0) is 54.4 Å². The van der Waals surface area contributed by atoms with Gasteiger partial charge in [-0.2, -0.15) is 0 Å². The highest BCUT2D eigenvalue weighted by Crippen LogP contribution is 2.23. The molecule has 0 aliphatic heterocycles. The lowest BCUT2D eigenvalue weighted by molar-refractivity contribution is -0.114. The molecule has 0 fully saturated rings. The van der Waals surface area contributed by atoms with Gasteiger partial charge in [0.1, 0.15) is 18.9 Å². The van der Waals surface area contributed by atoms with Crippen LogP contribution in [0.1, 0.15) is 21.5 Å². The third-order valence-corrected chi connectivity index (χ3v) is 6.13. The molecule has 8 nitrogen and oxygen atoms in total. The van der Waals surface area contributed by atoms with E-state index in [4.69, 9.17) is 9.47 Å². The summed E-state index contributed by atoms with van der Waals surface area (Å²) in [5.41, 5.74) is 2.71. The van der Waals surface area contributed by atoms with Gasteiger partial charge in [-0.1, -0.05) is 36.4 Å². The van der Waals surface area contributed by atoms with Crippen LogP contribution in [0.25, 0.3) is 0 Å². The van der Waals surface area contributed by atoms with E-state index in [9.17, 15) is 18.0 Å². The lowest BCUT2D eigenvalue weighted by Gasteiger charge is -2.22. The van der Waals surface area contributed by atoms with Gasteiger partial charge in [0.15, 0.2) is 0 Å². The Kier molecular flexibility index (Phi) is 7.91. The Labute approximate surface area is 199 Å². The summed E-state index contributed by atoms with van der Waals surface area (Å²) in [5, 5.41) is 2.67. The topological polar surface area (TPSA) is 102 Å². The Bertz CT molecular complexity index is 1260. The number of amides is 1. The van der Waals surface area contributed by atoms with Gasteiger partial charge in [-0.25, -0.2) is 13.2 Å². The quantitative estimate of drug-likeness (QED) is 0.466. The number of nitrogens with one attached hydrogen (secondary N) is 1. The zero-order chi connectivity index (χ0) is 24.7. The number of methoxy groups -OCH3 is 1. The molecular weight excluding hydrogens is 456 g/mol. The molecule has 0 heterocycles. The molecule has 0 unspecified atom stereocenters. The van der Waals surface area contributed by atoms with E-state index in [2.05, 4.69) is 5.32 Å². The van der Waals surface area contributed by atoms with Crippen molar-refractivity contribution in [1.29, 1.82) is 0 Å². The number of aryl methyl sites for hydroxylation is 1. The molecule has 0 bridgehead atoms. The van der Waals surface area contributed by atoms with E-state index < -0.39 is 28.4 Å². The van der Waals surface area contributed by atoms with Crippen LogP contribution in [0.3, 0.4) is 0 Å². The van der Waals surface area contributed by atoms with Crippen molar-refractivity contribution < 1.29 is 27.5 Å². The first-order valence-electron chi connectivity index (χ1n) is 10.4. The third-order valence-electron chi connectivity index (χ3n) is 4.99. The molecule has 0 radical (unpaired) electrons. The fourth-order valence-corrected chi connectivity index (χ4v) is 4.03. The molecule has 3 aromatic rings. The number of rotatable bonds is 9. The number of anilines is 2. The zero-order valence-electron chi connectivity index (χ0n) is 19.1. The molecule has 0 saturated heterocycles. The smallest absolute Gasteiger partial charge is 0.337 e. The molecule has 0 aliphatic carbocycles. The number of hydrogen-bond donors (Lipinski definition) is 1. The highest BCUT2D eigenvalue weighted by Gasteiger charge is 2.21. The number of hydrogen-bond acceptors (Lipinski definition) is 6. The van der Waals surface area contributed by atoms with Crippen LogP contribution in [0.2, 0.25) is 0 Å². The fourth-order valence-electron chi connectivity index (χ4n) is 3.17. The minimum Gasteiger partial charge on any atom is -0.489 e. The summed E-state index contributed by atoms with van der Waals surface area (Å²) in [5.74, 6) is -0.525. The highest BCUT2D eigenvalue weighted by molar-refractivity contribution is 7.92. The second-order valence-electron chi connectivity index (χ2n) is 7.61. The monoisotopic (exact) mass is 482 g/mol. The second kappa shape index (κ2) is 10.8. The van der Waals surface area contributed by atoms with E-state index >= 15 is 0 Å². The van der Waals surface area contributed by atoms with Crippen molar-refractivity contribution >= 4 is 33.3 Å². The van der Waals surface area contributed by atoms with Gasteiger partial charge in [0, 0.05) is 5.69 Å². The molecule has 178 valence electrons. The Morgan fingerprint density at radius 2 is 1.65 bits per heavy atom. The lowest BCUT2D eigenvalue weighted by atomic mass is 10.1. The molecule has 3 aromatic carbocycles. The molecular formula is C25H26N2O6S. The summed E-state index contributed by atoms with van der Waals surface area (Å²) >= 11 is 0. The first-order chi connectivity index (χ1) is 16.2. The van der Waals surface area contributed by atoms with E-state index in [1.165, 1.54) is 13.2 Å². The molecule has 3 rings (SSSR count). The van der Waals surface area contributed by atoms with Crippen LogP contribution in [-0.4, -0.2) is 40.2 Å². The molecule has 34 heavy (non-hydrogen) atoms. The maximum Gasteiger partial charge on any atom is 0.337 e. The van der Waals surface area contributed by atoms with Crippen molar-refractivity contribution in [1.82, 2.24) is 0 Å². The van der Waals surface area contributed by atoms with Gasteiger partial charge in [0.25, 0.3) is 0 Å². The number of sulfonamides is 1. The lowest BCUT2D eigenvalue weighted by Crippen LogP contribution is -2.37. The van der Waals surface area contributed by atoms with E-state index in [1.807, 2.05) is 30.3 Å². The van der Waals surface area contributed by atoms with Crippen molar-refractivity contribution in [3.05, 3.63) is 89.5 Å². The van der Waals surface area contributed by atoms with Gasteiger partial charge in [0.2, 0.25) is 15.9 Å². The van der Waals surface area contributed by atoms with Crippen molar-refractivity contribution in [2.45, 2.75) is 13.5 Å². The van der Waals surface area contributed by atoms with Crippen molar-refractivity contribution in [3.8, 4) is 5.75 Å². The van der Waals surface area contributed by atoms with E-state index in [0.29, 0.717) is 29.3 Å². The minimum absolute atomic E-state index is 0.273. The minimum atomic E-state index is -3.75. The van der Waals surface area contributed by atoms with Crippen LogP contribution in [0.4, 0.5) is 11.4 Å². The molecule has 0 aromatic heterocycles. The Hall–Kier alpha value is -3.85. The predicted molar refractivity (Wildman–Crippen MR) is 131 cm³/mol. The zero-order valence-corrected chi connectivity index (χ0v) is 20.0. The second-order valence-corrected chi connectivity index (χ2v) is 9.51. The number of esters is 1. The number of carbonyl (C=O) groups excluding carboxylic acids is 2. The normalized spacial score (nSPS) is 10.9. The molecule has 0 aliphatic rings. The summed E-state index contributed by atoms with van der Waals surface area (Å²) in [6, 6.07) is 20.9. The highest BCUT2D eigenvalue weighted by atomic mass is 32.2. The summed E-state index contributed by atoms with van der Waals surface area (Å²) in [6.07, 6.45) is 1.03. The number of nitrogens with zero attached hydrogens (tertiary/aromatic N) is 1. The largest absolute Gasteiger partial charge is 0.489 e. The van der Waals surface area contributed by atoms with Crippen LogP contribution in [-0.2, 0) is 26.2 Å².